The van der Waals surface area contributed by atoms with Crippen LogP contribution in [0.3, 0.4) is 0 Å². The smallest absolute Gasteiger partial charge is 0.334 e. The zero-order valence-electron chi connectivity index (χ0n) is 12.0. The van der Waals surface area contributed by atoms with Gasteiger partial charge in [-0.3, -0.25) is 4.79 Å². The van der Waals surface area contributed by atoms with E-state index in [1.807, 2.05) is 13.8 Å². The van der Waals surface area contributed by atoms with E-state index in [0.717, 1.165) is 11.3 Å². The van der Waals surface area contributed by atoms with Gasteiger partial charge < -0.3 is 10.6 Å². The fraction of sp³-hybridized carbons (Fsp3) is 0.923. The molecule has 0 aromatic heterocycles. The van der Waals surface area contributed by atoms with E-state index in [9.17, 15) is 18.0 Å². The minimum atomic E-state index is -4.34. The Kier molecular flexibility index (Phi) is 7.41. The van der Waals surface area contributed by atoms with E-state index < -0.39 is 18.6 Å². The van der Waals surface area contributed by atoms with Crippen LogP contribution in [0, 0.1) is 5.41 Å². The number of carbonyl (C=O) groups is 1. The zero-order valence-corrected chi connectivity index (χ0v) is 12.0. The van der Waals surface area contributed by atoms with Crippen molar-refractivity contribution in [1.29, 1.82) is 0 Å². The largest absolute Gasteiger partial charge is 0.406 e. The highest BCUT2D eigenvalue weighted by Gasteiger charge is 2.32. The molecule has 0 aliphatic heterocycles. The van der Waals surface area contributed by atoms with Crippen molar-refractivity contribution in [2.24, 2.45) is 11.1 Å². The average Bonchev–Trinajstić information content (AvgIpc) is 2.23. The zero-order chi connectivity index (χ0) is 15.1. The minimum Gasteiger partial charge on any atom is -0.334 e. The maximum absolute atomic E-state index is 12.4. The normalized spacial score (nSPS) is 12.6. The standard InChI is InChI=1S/C13H25F3N2O/c1-4-9-18(10-13(14,15)16)11(19)5-6-12(2,3)7-8-17/h4-10,17H2,1-3H3. The fourth-order valence-electron chi connectivity index (χ4n) is 1.90. The summed E-state index contributed by atoms with van der Waals surface area (Å²) in [6, 6.07) is 0. The molecular formula is C13H25F3N2O. The third-order valence-electron chi connectivity index (χ3n) is 3.05. The summed E-state index contributed by atoms with van der Waals surface area (Å²) in [4.78, 5) is 12.8. The van der Waals surface area contributed by atoms with Crippen molar-refractivity contribution >= 4 is 5.91 Å². The van der Waals surface area contributed by atoms with Crippen molar-refractivity contribution < 1.29 is 18.0 Å². The molecule has 0 aromatic carbocycles. The van der Waals surface area contributed by atoms with Gasteiger partial charge in [-0.25, -0.2) is 0 Å². The number of rotatable bonds is 8. The van der Waals surface area contributed by atoms with Crippen LogP contribution in [0.4, 0.5) is 13.2 Å². The Morgan fingerprint density at radius 1 is 1.21 bits per heavy atom. The average molecular weight is 282 g/mol. The molecule has 0 saturated heterocycles. The van der Waals surface area contributed by atoms with Crippen molar-refractivity contribution in [1.82, 2.24) is 4.90 Å². The summed E-state index contributed by atoms with van der Waals surface area (Å²) in [5.41, 5.74) is 5.36. The third-order valence-corrected chi connectivity index (χ3v) is 3.05. The van der Waals surface area contributed by atoms with Crippen LogP contribution >= 0.6 is 0 Å². The topological polar surface area (TPSA) is 46.3 Å². The predicted octanol–water partition coefficient (Wildman–Crippen LogP) is 2.94. The molecule has 0 fully saturated rings. The molecule has 0 unspecified atom stereocenters. The van der Waals surface area contributed by atoms with Gasteiger partial charge >= 0.3 is 6.18 Å². The first-order valence-corrected chi connectivity index (χ1v) is 6.66. The summed E-state index contributed by atoms with van der Waals surface area (Å²) in [7, 11) is 0. The summed E-state index contributed by atoms with van der Waals surface area (Å²) in [6.07, 6.45) is -2.36. The van der Waals surface area contributed by atoms with E-state index >= 15 is 0 Å². The molecule has 0 atom stereocenters. The SMILES string of the molecule is CCCN(CC(F)(F)F)C(=O)CCC(C)(C)CCN. The van der Waals surface area contributed by atoms with Gasteiger partial charge in [0.05, 0.1) is 0 Å². The summed E-state index contributed by atoms with van der Waals surface area (Å²) in [5, 5.41) is 0. The quantitative estimate of drug-likeness (QED) is 0.744. The maximum atomic E-state index is 12.4. The molecule has 0 heterocycles. The molecule has 0 rings (SSSR count). The molecule has 1 amide bonds. The lowest BCUT2D eigenvalue weighted by Gasteiger charge is -2.27. The van der Waals surface area contributed by atoms with Gasteiger partial charge in [-0.05, 0) is 31.2 Å². The first-order chi connectivity index (χ1) is 8.61. The Bertz CT molecular complexity index is 278. The summed E-state index contributed by atoms with van der Waals surface area (Å²) < 4.78 is 37.1. The van der Waals surface area contributed by atoms with Crippen LogP contribution in [0.2, 0.25) is 0 Å². The van der Waals surface area contributed by atoms with Crippen LogP contribution < -0.4 is 5.73 Å². The molecule has 19 heavy (non-hydrogen) atoms. The number of carbonyl (C=O) groups excluding carboxylic acids is 1. The van der Waals surface area contributed by atoms with Crippen LogP contribution in [-0.2, 0) is 4.79 Å². The van der Waals surface area contributed by atoms with Crippen molar-refractivity contribution in [2.75, 3.05) is 19.6 Å². The third kappa shape index (κ3) is 8.86. The van der Waals surface area contributed by atoms with Gasteiger partial charge in [-0.1, -0.05) is 20.8 Å². The van der Waals surface area contributed by atoms with Crippen molar-refractivity contribution in [2.45, 2.75) is 52.6 Å². The van der Waals surface area contributed by atoms with Gasteiger partial charge in [-0.15, -0.1) is 0 Å². The highest BCUT2D eigenvalue weighted by atomic mass is 19.4. The minimum absolute atomic E-state index is 0.111. The molecule has 0 spiro atoms. The Labute approximate surface area is 113 Å². The van der Waals surface area contributed by atoms with Gasteiger partial charge in [0.15, 0.2) is 0 Å². The molecule has 2 N–H and O–H groups in total. The molecule has 0 aromatic rings. The second kappa shape index (κ2) is 7.72. The number of halogens is 3. The molecular weight excluding hydrogens is 257 g/mol. The van der Waals surface area contributed by atoms with Gasteiger partial charge in [0.1, 0.15) is 6.54 Å². The van der Waals surface area contributed by atoms with Gasteiger partial charge in [-0.2, -0.15) is 13.2 Å². The molecule has 3 nitrogen and oxygen atoms in total. The lowest BCUT2D eigenvalue weighted by molar-refractivity contribution is -0.161. The van der Waals surface area contributed by atoms with E-state index in [1.54, 1.807) is 6.92 Å². The number of amides is 1. The van der Waals surface area contributed by atoms with Gasteiger partial charge in [0.2, 0.25) is 5.91 Å². The molecule has 0 saturated carbocycles. The molecule has 0 aliphatic rings. The second-order valence-corrected chi connectivity index (χ2v) is 5.63. The Hall–Kier alpha value is -0.780. The maximum Gasteiger partial charge on any atom is 0.406 e. The molecule has 6 heteroatoms. The van der Waals surface area contributed by atoms with Crippen molar-refractivity contribution in [3.8, 4) is 0 Å². The van der Waals surface area contributed by atoms with Crippen LogP contribution in [0.25, 0.3) is 0 Å². The molecule has 0 bridgehead atoms. The van der Waals surface area contributed by atoms with Crippen LogP contribution in [-0.4, -0.2) is 36.6 Å². The Morgan fingerprint density at radius 2 is 1.79 bits per heavy atom. The van der Waals surface area contributed by atoms with Crippen LogP contribution in [0.5, 0.6) is 0 Å². The second-order valence-electron chi connectivity index (χ2n) is 5.63. The first-order valence-electron chi connectivity index (χ1n) is 6.66. The molecule has 114 valence electrons. The lowest BCUT2D eigenvalue weighted by atomic mass is 9.84. The van der Waals surface area contributed by atoms with Crippen LogP contribution in [0.15, 0.2) is 0 Å². The van der Waals surface area contributed by atoms with Crippen molar-refractivity contribution in [3.63, 3.8) is 0 Å². The lowest BCUT2D eigenvalue weighted by Crippen LogP contribution is -2.39. The Balaban J connectivity index is 4.41. The predicted molar refractivity (Wildman–Crippen MR) is 69.6 cm³/mol. The highest BCUT2D eigenvalue weighted by Crippen LogP contribution is 2.26. The molecule has 0 aliphatic carbocycles. The van der Waals surface area contributed by atoms with E-state index in [4.69, 9.17) is 5.73 Å². The monoisotopic (exact) mass is 282 g/mol. The number of nitrogens with zero attached hydrogens (tertiary/aromatic N) is 1. The number of hydrogen-bond acceptors (Lipinski definition) is 2. The van der Waals surface area contributed by atoms with Gasteiger partial charge in [0.25, 0.3) is 0 Å². The summed E-state index contributed by atoms with van der Waals surface area (Å²) in [5.74, 6) is -0.427. The van der Waals surface area contributed by atoms with E-state index in [-0.39, 0.29) is 18.4 Å². The van der Waals surface area contributed by atoms with Crippen LogP contribution in [0.1, 0.15) is 46.5 Å². The number of nitrogens with two attached hydrogens (primary N) is 1. The fourth-order valence-corrected chi connectivity index (χ4v) is 1.90. The summed E-state index contributed by atoms with van der Waals surface area (Å²) >= 11 is 0. The Morgan fingerprint density at radius 3 is 2.21 bits per heavy atom. The summed E-state index contributed by atoms with van der Waals surface area (Å²) in [6.45, 7) is 5.21. The van der Waals surface area contributed by atoms with E-state index in [2.05, 4.69) is 0 Å². The number of alkyl halides is 3. The van der Waals surface area contributed by atoms with E-state index in [0.29, 0.717) is 19.4 Å². The van der Waals surface area contributed by atoms with Gasteiger partial charge in [0, 0.05) is 13.0 Å². The highest BCUT2D eigenvalue weighted by molar-refractivity contribution is 5.76. The first kappa shape index (κ1) is 18.2. The van der Waals surface area contributed by atoms with E-state index in [1.165, 1.54) is 0 Å². The number of hydrogen-bond donors (Lipinski definition) is 1. The van der Waals surface area contributed by atoms with Crippen molar-refractivity contribution in [3.05, 3.63) is 0 Å². The molecule has 0 radical (unpaired) electrons.